The molecule has 0 radical (unpaired) electrons. The van der Waals surface area contributed by atoms with Crippen molar-refractivity contribution in [2.24, 2.45) is 0 Å². The van der Waals surface area contributed by atoms with Crippen molar-refractivity contribution >= 4 is 56.6 Å². The van der Waals surface area contributed by atoms with Gasteiger partial charge in [0.2, 0.25) is 5.13 Å². The van der Waals surface area contributed by atoms with Crippen LogP contribution in [0, 0.1) is 0 Å². The molecule has 2 aromatic carbocycles. The van der Waals surface area contributed by atoms with Crippen LogP contribution < -0.4 is 0 Å². The number of aryl methyl sites for hydroxylation is 1. The summed E-state index contributed by atoms with van der Waals surface area (Å²) in [6, 6.07) is 15.0. The number of para-hydroxylation sites is 1. The van der Waals surface area contributed by atoms with Crippen molar-refractivity contribution in [3.8, 4) is 16.4 Å². The smallest absolute Gasteiger partial charge is 0.329 e. The number of aromatic nitrogens is 3. The summed E-state index contributed by atoms with van der Waals surface area (Å²) in [6.45, 7) is 1.24. The molecule has 0 bridgehead atoms. The molecule has 32 heavy (non-hydrogen) atoms. The van der Waals surface area contributed by atoms with Crippen LogP contribution in [0.3, 0.4) is 0 Å². The topological polar surface area (TPSA) is 77.3 Å². The van der Waals surface area contributed by atoms with E-state index < -0.39 is 5.97 Å². The van der Waals surface area contributed by atoms with E-state index in [-0.39, 0.29) is 12.3 Å². The Balaban J connectivity index is 1.69. The maximum absolute atomic E-state index is 12.3. The number of halogens is 2. The number of rotatable bonds is 5. The number of carbonyl (C=O) groups excluding carboxylic acids is 2. The second-order valence-electron chi connectivity index (χ2n) is 7.00. The molecule has 1 amide bonds. The standard InChI is InChI=1S/C22H18Cl2N4O3S/c1-13(29)31-27(2)20(30)11-10-16-12-18(14-6-8-15(23)9-7-14)28(26-16)22-25-21-17(24)4-3-5-19(21)32-22/h3-9,12H,10-11H2,1-2H3. The predicted molar refractivity (Wildman–Crippen MR) is 125 cm³/mol. The third-order valence-corrected chi connectivity index (χ3v) is 6.20. The third-order valence-electron chi connectivity index (χ3n) is 4.65. The van der Waals surface area contributed by atoms with Crippen LogP contribution >= 0.6 is 34.5 Å². The first-order valence-electron chi connectivity index (χ1n) is 9.67. The van der Waals surface area contributed by atoms with Crippen LogP contribution in [0.5, 0.6) is 0 Å². The molecule has 0 atom stereocenters. The highest BCUT2D eigenvalue weighted by Gasteiger charge is 2.18. The van der Waals surface area contributed by atoms with Gasteiger partial charge in [-0.2, -0.15) is 10.2 Å². The van der Waals surface area contributed by atoms with Gasteiger partial charge in [-0.3, -0.25) is 9.59 Å². The van der Waals surface area contributed by atoms with E-state index in [4.69, 9.17) is 33.1 Å². The number of thiazole rings is 1. The Morgan fingerprint density at radius 2 is 1.91 bits per heavy atom. The van der Waals surface area contributed by atoms with Crippen LogP contribution in [0.1, 0.15) is 19.0 Å². The molecule has 2 aromatic heterocycles. The van der Waals surface area contributed by atoms with Crippen molar-refractivity contribution in [1.29, 1.82) is 0 Å². The van der Waals surface area contributed by atoms with E-state index >= 15 is 0 Å². The lowest BCUT2D eigenvalue weighted by Gasteiger charge is -2.14. The highest BCUT2D eigenvalue weighted by molar-refractivity contribution is 7.20. The molecule has 0 N–H and O–H groups in total. The van der Waals surface area contributed by atoms with E-state index in [1.165, 1.54) is 25.3 Å². The van der Waals surface area contributed by atoms with Gasteiger partial charge in [0, 0.05) is 37.4 Å². The molecule has 0 fully saturated rings. The van der Waals surface area contributed by atoms with E-state index in [2.05, 4.69) is 4.98 Å². The molecule has 0 saturated heterocycles. The summed E-state index contributed by atoms with van der Waals surface area (Å²) in [5.74, 6) is -0.876. The minimum Gasteiger partial charge on any atom is -0.339 e. The molecule has 10 heteroatoms. The summed E-state index contributed by atoms with van der Waals surface area (Å²) in [5.41, 5.74) is 3.13. The molecule has 2 heterocycles. The number of carbonyl (C=O) groups is 2. The number of hydroxylamine groups is 2. The minimum absolute atomic E-state index is 0.131. The highest BCUT2D eigenvalue weighted by Crippen LogP contribution is 2.33. The van der Waals surface area contributed by atoms with Gasteiger partial charge in [-0.05, 0) is 30.3 Å². The van der Waals surface area contributed by atoms with Crippen molar-refractivity contribution in [2.75, 3.05) is 7.05 Å². The summed E-state index contributed by atoms with van der Waals surface area (Å²) < 4.78 is 2.70. The van der Waals surface area contributed by atoms with Crippen molar-refractivity contribution in [3.63, 3.8) is 0 Å². The van der Waals surface area contributed by atoms with Gasteiger partial charge in [-0.25, -0.2) is 9.67 Å². The molecule has 4 rings (SSSR count). The van der Waals surface area contributed by atoms with Gasteiger partial charge in [0.25, 0.3) is 5.91 Å². The molecule has 7 nitrogen and oxygen atoms in total. The fourth-order valence-electron chi connectivity index (χ4n) is 3.15. The second kappa shape index (κ2) is 9.28. The van der Waals surface area contributed by atoms with Crippen LogP contribution in [0.25, 0.3) is 26.6 Å². The van der Waals surface area contributed by atoms with Crippen molar-refractivity contribution in [3.05, 3.63) is 64.3 Å². The van der Waals surface area contributed by atoms with Crippen LogP contribution in [0.2, 0.25) is 10.0 Å². The zero-order valence-electron chi connectivity index (χ0n) is 17.2. The molecule has 0 spiro atoms. The van der Waals surface area contributed by atoms with Gasteiger partial charge in [-0.1, -0.05) is 52.7 Å². The first-order valence-corrected chi connectivity index (χ1v) is 11.2. The lowest BCUT2D eigenvalue weighted by molar-refractivity contribution is -0.190. The highest BCUT2D eigenvalue weighted by atomic mass is 35.5. The molecular weight excluding hydrogens is 471 g/mol. The Labute approximate surface area is 198 Å². The fourth-order valence-corrected chi connectivity index (χ4v) is 4.51. The first kappa shape index (κ1) is 22.3. The average molecular weight is 489 g/mol. The van der Waals surface area contributed by atoms with Gasteiger partial charge in [0.05, 0.1) is 21.1 Å². The first-order chi connectivity index (χ1) is 15.3. The van der Waals surface area contributed by atoms with Gasteiger partial charge in [0.15, 0.2) is 0 Å². The summed E-state index contributed by atoms with van der Waals surface area (Å²) in [5, 5.41) is 7.51. The fraction of sp³-hybridized carbons (Fsp3) is 0.182. The zero-order chi connectivity index (χ0) is 22.8. The van der Waals surface area contributed by atoms with Gasteiger partial charge < -0.3 is 4.84 Å². The number of hydrogen-bond donors (Lipinski definition) is 0. The van der Waals surface area contributed by atoms with Crippen LogP contribution in [0.15, 0.2) is 48.5 Å². The Kier molecular flexibility index (Phi) is 6.45. The number of benzene rings is 2. The average Bonchev–Trinajstić information content (AvgIpc) is 3.37. The summed E-state index contributed by atoms with van der Waals surface area (Å²) >= 11 is 13.8. The normalized spacial score (nSPS) is 11.0. The number of hydrogen-bond acceptors (Lipinski definition) is 6. The summed E-state index contributed by atoms with van der Waals surface area (Å²) in [7, 11) is 1.41. The number of fused-ring (bicyclic) bond motifs is 1. The molecule has 0 aliphatic carbocycles. The van der Waals surface area contributed by atoms with E-state index in [0.717, 1.165) is 21.0 Å². The third kappa shape index (κ3) is 4.77. The molecular formula is C22H18Cl2N4O3S. The molecule has 4 aromatic rings. The second-order valence-corrected chi connectivity index (χ2v) is 8.85. The quantitative estimate of drug-likeness (QED) is 0.355. The number of nitrogens with zero attached hydrogens (tertiary/aromatic N) is 4. The van der Waals surface area contributed by atoms with Crippen LogP contribution in [0.4, 0.5) is 0 Å². The van der Waals surface area contributed by atoms with Gasteiger partial charge >= 0.3 is 5.97 Å². The largest absolute Gasteiger partial charge is 0.339 e. The zero-order valence-corrected chi connectivity index (χ0v) is 19.5. The van der Waals surface area contributed by atoms with Gasteiger partial charge in [0.1, 0.15) is 5.52 Å². The van der Waals surface area contributed by atoms with E-state index in [1.807, 2.05) is 30.3 Å². The van der Waals surface area contributed by atoms with E-state index in [1.54, 1.807) is 22.9 Å². The predicted octanol–water partition coefficient (Wildman–Crippen LogP) is 5.32. The Morgan fingerprint density at radius 1 is 1.16 bits per heavy atom. The summed E-state index contributed by atoms with van der Waals surface area (Å²) in [4.78, 5) is 32.8. The molecule has 0 aliphatic rings. The van der Waals surface area contributed by atoms with Crippen molar-refractivity contribution < 1.29 is 14.4 Å². The van der Waals surface area contributed by atoms with Crippen molar-refractivity contribution in [2.45, 2.75) is 19.8 Å². The molecule has 0 saturated carbocycles. The van der Waals surface area contributed by atoms with Gasteiger partial charge in [-0.15, -0.1) is 0 Å². The maximum Gasteiger partial charge on any atom is 0.329 e. The van der Waals surface area contributed by atoms with E-state index in [9.17, 15) is 9.59 Å². The molecule has 0 aliphatic heterocycles. The Bertz CT molecular complexity index is 1300. The van der Waals surface area contributed by atoms with Crippen LogP contribution in [-0.2, 0) is 20.8 Å². The molecule has 164 valence electrons. The molecule has 0 unspecified atom stereocenters. The van der Waals surface area contributed by atoms with Crippen LogP contribution in [-0.4, -0.2) is 38.8 Å². The Morgan fingerprint density at radius 3 is 2.59 bits per heavy atom. The maximum atomic E-state index is 12.3. The SMILES string of the molecule is CC(=O)ON(C)C(=O)CCc1cc(-c2ccc(Cl)cc2)n(-c2nc3c(Cl)cccc3s2)n1. The summed E-state index contributed by atoms with van der Waals surface area (Å²) in [6.07, 6.45) is 0.496. The monoisotopic (exact) mass is 488 g/mol. The van der Waals surface area contributed by atoms with E-state index in [0.29, 0.717) is 32.8 Å². The Hall–Kier alpha value is -2.94. The lowest BCUT2D eigenvalue weighted by Crippen LogP contribution is -2.29. The van der Waals surface area contributed by atoms with Crippen molar-refractivity contribution in [1.82, 2.24) is 19.8 Å². The minimum atomic E-state index is -0.551. The lowest BCUT2D eigenvalue weighted by atomic mass is 10.1. The number of amides is 1.